The predicted molar refractivity (Wildman–Crippen MR) is 111 cm³/mol. The molecular weight excluding hydrogens is 406 g/mol. The van der Waals surface area contributed by atoms with Gasteiger partial charge >= 0.3 is 0 Å². The second kappa shape index (κ2) is 7.49. The molecule has 0 bridgehead atoms. The van der Waals surface area contributed by atoms with Gasteiger partial charge in [-0.25, -0.2) is 4.98 Å². The standard InChI is InChI=1S/C21H19N3O5S/c1-2-27-14-4-5-15-18(8-14)30-21(22-15)23-19(25)13-9-24(10-13)20(26)12-3-6-16-17(7-12)29-11-28-16/h3-8,13H,2,9-11H2,1H3,(H,22,23,25). The van der Waals surface area contributed by atoms with Crippen LogP contribution in [-0.2, 0) is 4.79 Å². The third-order valence-electron chi connectivity index (χ3n) is 5.06. The maximum Gasteiger partial charge on any atom is 0.254 e. The van der Waals surface area contributed by atoms with Gasteiger partial charge in [0, 0.05) is 18.7 Å². The average Bonchev–Trinajstić information content (AvgIpc) is 3.32. The third kappa shape index (κ3) is 3.41. The number of nitrogens with zero attached hydrogens (tertiary/aromatic N) is 2. The van der Waals surface area contributed by atoms with Crippen LogP contribution in [0.15, 0.2) is 36.4 Å². The average molecular weight is 425 g/mol. The van der Waals surface area contributed by atoms with E-state index < -0.39 is 0 Å². The molecule has 30 heavy (non-hydrogen) atoms. The van der Waals surface area contributed by atoms with Crippen LogP contribution in [-0.4, -0.2) is 48.2 Å². The number of hydrogen-bond acceptors (Lipinski definition) is 7. The Kier molecular flexibility index (Phi) is 4.66. The van der Waals surface area contributed by atoms with Crippen LogP contribution in [0.5, 0.6) is 17.2 Å². The molecule has 9 heteroatoms. The number of ether oxygens (including phenoxy) is 3. The fraction of sp³-hybridized carbons (Fsp3) is 0.286. The second-order valence-corrected chi connectivity index (χ2v) is 8.08. The molecule has 0 spiro atoms. The van der Waals surface area contributed by atoms with Crippen molar-refractivity contribution in [2.75, 3.05) is 31.8 Å². The highest BCUT2D eigenvalue weighted by Gasteiger charge is 2.36. The van der Waals surface area contributed by atoms with Gasteiger partial charge in [-0.15, -0.1) is 0 Å². The lowest BCUT2D eigenvalue weighted by Gasteiger charge is -2.38. The first-order chi connectivity index (χ1) is 14.6. The number of hydrogen-bond donors (Lipinski definition) is 1. The number of amides is 2. The van der Waals surface area contributed by atoms with Crippen molar-refractivity contribution in [1.82, 2.24) is 9.88 Å². The monoisotopic (exact) mass is 425 g/mol. The number of likely N-dealkylation sites (tertiary alicyclic amines) is 1. The maximum atomic E-state index is 12.6. The summed E-state index contributed by atoms with van der Waals surface area (Å²) in [6.07, 6.45) is 0. The van der Waals surface area contributed by atoms with E-state index in [-0.39, 0.29) is 24.5 Å². The summed E-state index contributed by atoms with van der Waals surface area (Å²) in [7, 11) is 0. The first-order valence-electron chi connectivity index (χ1n) is 9.64. The largest absolute Gasteiger partial charge is 0.494 e. The van der Waals surface area contributed by atoms with E-state index in [1.807, 2.05) is 25.1 Å². The van der Waals surface area contributed by atoms with Crippen molar-refractivity contribution >= 4 is 38.5 Å². The van der Waals surface area contributed by atoms with Gasteiger partial charge in [-0.1, -0.05) is 11.3 Å². The van der Waals surface area contributed by atoms with Gasteiger partial charge in [-0.2, -0.15) is 0 Å². The van der Waals surface area contributed by atoms with Crippen LogP contribution >= 0.6 is 11.3 Å². The van der Waals surface area contributed by atoms with E-state index >= 15 is 0 Å². The highest BCUT2D eigenvalue weighted by molar-refractivity contribution is 7.22. The van der Waals surface area contributed by atoms with Crippen LogP contribution < -0.4 is 19.5 Å². The highest BCUT2D eigenvalue weighted by atomic mass is 32.1. The number of carbonyl (C=O) groups is 2. The minimum absolute atomic E-state index is 0.124. The van der Waals surface area contributed by atoms with Gasteiger partial charge in [0.05, 0.1) is 22.7 Å². The minimum atomic E-state index is -0.256. The quantitative estimate of drug-likeness (QED) is 0.676. The Morgan fingerprint density at radius 2 is 2.03 bits per heavy atom. The van der Waals surface area contributed by atoms with Gasteiger partial charge in [-0.05, 0) is 43.3 Å². The lowest BCUT2D eigenvalue weighted by molar-refractivity contribution is -0.123. The lowest BCUT2D eigenvalue weighted by Crippen LogP contribution is -2.54. The summed E-state index contributed by atoms with van der Waals surface area (Å²) in [6.45, 7) is 3.44. The number of aromatic nitrogens is 1. The van der Waals surface area contributed by atoms with Crippen molar-refractivity contribution in [3.8, 4) is 17.2 Å². The number of carbonyl (C=O) groups excluding carboxylic acids is 2. The van der Waals surface area contributed by atoms with Gasteiger partial charge < -0.3 is 24.4 Å². The molecule has 8 nitrogen and oxygen atoms in total. The SMILES string of the molecule is CCOc1ccc2nc(NC(=O)C3CN(C(=O)c4ccc5c(c4)OCO5)C3)sc2c1. The molecule has 0 aliphatic carbocycles. The van der Waals surface area contributed by atoms with E-state index in [1.165, 1.54) is 11.3 Å². The predicted octanol–water partition coefficient (Wildman–Crippen LogP) is 3.13. The zero-order valence-corrected chi connectivity index (χ0v) is 17.0. The zero-order chi connectivity index (χ0) is 20.7. The summed E-state index contributed by atoms with van der Waals surface area (Å²) in [4.78, 5) is 31.3. The Labute approximate surface area is 176 Å². The lowest BCUT2D eigenvalue weighted by atomic mass is 9.98. The van der Waals surface area contributed by atoms with Crippen molar-refractivity contribution in [1.29, 1.82) is 0 Å². The van der Waals surface area contributed by atoms with E-state index in [0.717, 1.165) is 16.0 Å². The highest BCUT2D eigenvalue weighted by Crippen LogP contribution is 2.34. The molecule has 3 heterocycles. The van der Waals surface area contributed by atoms with Crippen LogP contribution in [0.4, 0.5) is 5.13 Å². The number of anilines is 1. The molecular formula is C21H19N3O5S. The number of fused-ring (bicyclic) bond motifs is 2. The number of thiazole rings is 1. The summed E-state index contributed by atoms with van der Waals surface area (Å²) in [5.41, 5.74) is 1.33. The molecule has 1 saturated heterocycles. The Morgan fingerprint density at radius 3 is 2.87 bits per heavy atom. The van der Waals surface area contributed by atoms with Gasteiger partial charge in [0.15, 0.2) is 16.6 Å². The van der Waals surface area contributed by atoms with Gasteiger partial charge in [-0.3, -0.25) is 9.59 Å². The third-order valence-corrected chi connectivity index (χ3v) is 5.99. The summed E-state index contributed by atoms with van der Waals surface area (Å²) >= 11 is 1.40. The fourth-order valence-corrected chi connectivity index (χ4v) is 4.34. The van der Waals surface area contributed by atoms with E-state index in [1.54, 1.807) is 23.1 Å². The van der Waals surface area contributed by atoms with E-state index in [4.69, 9.17) is 14.2 Å². The molecule has 0 saturated carbocycles. The van der Waals surface area contributed by atoms with E-state index in [9.17, 15) is 9.59 Å². The Hall–Kier alpha value is -3.33. The molecule has 154 valence electrons. The fourth-order valence-electron chi connectivity index (χ4n) is 3.44. The van der Waals surface area contributed by atoms with Gasteiger partial charge in [0.2, 0.25) is 12.7 Å². The van der Waals surface area contributed by atoms with Crippen LogP contribution in [0.3, 0.4) is 0 Å². The summed E-state index contributed by atoms with van der Waals surface area (Å²) in [6, 6.07) is 10.8. The van der Waals surface area contributed by atoms with Crippen molar-refractivity contribution in [2.45, 2.75) is 6.92 Å². The number of rotatable bonds is 5. The Morgan fingerprint density at radius 1 is 1.20 bits per heavy atom. The number of benzene rings is 2. The first kappa shape index (κ1) is 18.7. The molecule has 2 aromatic carbocycles. The molecule has 5 rings (SSSR count). The van der Waals surface area contributed by atoms with Gasteiger partial charge in [0.25, 0.3) is 5.91 Å². The molecule has 0 unspecified atom stereocenters. The van der Waals surface area contributed by atoms with Crippen LogP contribution in [0.25, 0.3) is 10.2 Å². The second-order valence-electron chi connectivity index (χ2n) is 7.05. The van der Waals surface area contributed by atoms with Crippen molar-refractivity contribution in [3.63, 3.8) is 0 Å². The molecule has 1 N–H and O–H groups in total. The molecule has 0 atom stereocenters. The summed E-state index contributed by atoms with van der Waals surface area (Å²) < 4.78 is 17.0. The Balaban J connectivity index is 1.19. The molecule has 1 fully saturated rings. The maximum absolute atomic E-state index is 12.6. The van der Waals surface area contributed by atoms with Crippen LogP contribution in [0, 0.1) is 5.92 Å². The van der Waals surface area contributed by atoms with Gasteiger partial charge in [0.1, 0.15) is 5.75 Å². The summed E-state index contributed by atoms with van der Waals surface area (Å²) in [5, 5.41) is 3.42. The number of nitrogens with one attached hydrogen (secondary N) is 1. The normalized spacial score (nSPS) is 15.2. The van der Waals surface area contributed by atoms with Crippen LogP contribution in [0.1, 0.15) is 17.3 Å². The molecule has 0 radical (unpaired) electrons. The van der Waals surface area contributed by atoms with E-state index in [0.29, 0.717) is 41.9 Å². The smallest absolute Gasteiger partial charge is 0.254 e. The van der Waals surface area contributed by atoms with Crippen LogP contribution in [0.2, 0.25) is 0 Å². The van der Waals surface area contributed by atoms with Crippen molar-refractivity contribution in [3.05, 3.63) is 42.0 Å². The topological polar surface area (TPSA) is 90.0 Å². The van der Waals surface area contributed by atoms with E-state index in [2.05, 4.69) is 10.3 Å². The Bertz CT molecular complexity index is 1140. The molecule has 1 aromatic heterocycles. The van der Waals surface area contributed by atoms with Crippen molar-refractivity contribution in [2.24, 2.45) is 5.92 Å². The van der Waals surface area contributed by atoms with Crippen molar-refractivity contribution < 1.29 is 23.8 Å². The molecule has 2 aliphatic rings. The summed E-state index contributed by atoms with van der Waals surface area (Å²) in [5.74, 6) is 1.47. The molecule has 3 aromatic rings. The zero-order valence-electron chi connectivity index (χ0n) is 16.2. The molecule has 2 aliphatic heterocycles. The first-order valence-corrected chi connectivity index (χ1v) is 10.5. The minimum Gasteiger partial charge on any atom is -0.494 e. The molecule has 2 amide bonds.